The molecule has 0 aliphatic heterocycles. The molecule has 1 N–H and O–H groups in total. The van der Waals surface area contributed by atoms with Crippen LogP contribution in [-0.4, -0.2) is 29.9 Å². The molecule has 0 saturated carbocycles. The number of alkyl halides is 3. The topological polar surface area (TPSA) is 29.5 Å². The number of hydrogen-bond donors (Lipinski definition) is 1. The lowest BCUT2D eigenvalue weighted by atomic mass is 9.84. The highest BCUT2D eigenvalue weighted by Gasteiger charge is 2.35. The Hall–Kier alpha value is -1.11. The molecule has 0 spiro atoms. The first kappa shape index (κ1) is 25.9. The maximum atomic E-state index is 14.0. The summed E-state index contributed by atoms with van der Waals surface area (Å²) in [5.41, 5.74) is 0. The zero-order valence-corrected chi connectivity index (χ0v) is 16.7. The van der Waals surface area contributed by atoms with Crippen molar-refractivity contribution < 1.29 is 31.8 Å². The van der Waals surface area contributed by atoms with E-state index in [1.54, 1.807) is 0 Å². The van der Waals surface area contributed by atoms with Crippen molar-refractivity contribution in [3.05, 3.63) is 24.0 Å². The summed E-state index contributed by atoms with van der Waals surface area (Å²) in [6.07, 6.45) is -5.14. The van der Waals surface area contributed by atoms with Crippen LogP contribution in [0.2, 0.25) is 0 Å². The fourth-order valence-electron chi connectivity index (χ4n) is 3.09. The van der Waals surface area contributed by atoms with E-state index in [1.165, 1.54) is 0 Å². The van der Waals surface area contributed by atoms with Crippen molar-refractivity contribution in [1.82, 2.24) is 0 Å². The van der Waals surface area contributed by atoms with Gasteiger partial charge in [0.05, 0.1) is 0 Å². The zero-order chi connectivity index (χ0) is 21.1. The highest BCUT2D eigenvalue weighted by molar-refractivity contribution is 5.22. The third kappa shape index (κ3) is 9.08. The Bertz CT molecular complexity index is 467. The van der Waals surface area contributed by atoms with Gasteiger partial charge in [-0.15, -0.1) is 0 Å². The Labute approximate surface area is 159 Å². The van der Waals surface area contributed by atoms with Gasteiger partial charge in [-0.25, -0.2) is 17.6 Å². The molecule has 0 heterocycles. The maximum Gasteiger partial charge on any atom is 0.199 e. The van der Waals surface area contributed by atoms with E-state index in [1.807, 2.05) is 0 Å². The Morgan fingerprint density at radius 1 is 1.04 bits per heavy atom. The number of allylic oxidation sites excluding steroid dienone is 3. The summed E-state index contributed by atoms with van der Waals surface area (Å²) in [6.45, 7) is 9.73. The van der Waals surface area contributed by atoms with Gasteiger partial charge in [0, 0.05) is 6.42 Å². The number of hydrogen-bond acceptors (Lipinski definition) is 2. The molecule has 6 unspecified atom stereocenters. The van der Waals surface area contributed by atoms with Crippen molar-refractivity contribution in [3.63, 3.8) is 0 Å². The van der Waals surface area contributed by atoms with E-state index >= 15 is 0 Å². The summed E-state index contributed by atoms with van der Waals surface area (Å²) < 4.78 is 72.0. The van der Waals surface area contributed by atoms with Crippen molar-refractivity contribution in [1.29, 1.82) is 0 Å². The second kappa shape index (κ2) is 13.1. The number of ether oxygens (including phenoxy) is 1. The van der Waals surface area contributed by atoms with Crippen LogP contribution in [0.4, 0.5) is 22.0 Å². The van der Waals surface area contributed by atoms with E-state index in [-0.39, 0.29) is 6.42 Å². The van der Waals surface area contributed by atoms with E-state index < -0.39 is 42.2 Å². The summed E-state index contributed by atoms with van der Waals surface area (Å²) in [5, 5.41) is 9.89. The first-order chi connectivity index (χ1) is 12.6. The molecule has 0 saturated heterocycles. The molecule has 0 bridgehead atoms. The second-order valence-corrected chi connectivity index (χ2v) is 7.04. The summed E-state index contributed by atoms with van der Waals surface area (Å²) >= 11 is 0. The number of aliphatic hydroxyl groups is 1. The van der Waals surface area contributed by atoms with Crippen LogP contribution in [-0.2, 0) is 4.74 Å². The van der Waals surface area contributed by atoms with E-state index in [4.69, 9.17) is 4.74 Å². The minimum absolute atomic E-state index is 0.0275. The van der Waals surface area contributed by atoms with Crippen LogP contribution in [0.3, 0.4) is 0 Å². The van der Waals surface area contributed by atoms with Gasteiger partial charge in [0.1, 0.15) is 6.17 Å². The van der Waals surface area contributed by atoms with Crippen LogP contribution in [0, 0.1) is 11.8 Å². The van der Waals surface area contributed by atoms with E-state index in [9.17, 15) is 27.1 Å². The van der Waals surface area contributed by atoms with Gasteiger partial charge in [-0.05, 0) is 31.6 Å². The molecular weight excluding hydrogens is 367 g/mol. The summed E-state index contributed by atoms with van der Waals surface area (Å²) in [7, 11) is 0. The first-order valence-electron chi connectivity index (χ1n) is 9.57. The fourth-order valence-corrected chi connectivity index (χ4v) is 3.09. The molecule has 2 nitrogen and oxygen atoms in total. The minimum Gasteiger partial charge on any atom is -0.463 e. The van der Waals surface area contributed by atoms with E-state index in [0.717, 1.165) is 32.6 Å². The van der Waals surface area contributed by atoms with Crippen LogP contribution in [0.1, 0.15) is 66.2 Å². The van der Waals surface area contributed by atoms with Crippen LogP contribution < -0.4 is 0 Å². The fraction of sp³-hybridized carbons (Fsp3) is 0.800. The van der Waals surface area contributed by atoms with Gasteiger partial charge < -0.3 is 9.84 Å². The SMILES string of the molecule is C=C(F)/C(F)=C(/OC(O)CCCC(CC)C(C)CCC)C(F)C(F)C(C)F. The third-order valence-corrected chi connectivity index (χ3v) is 4.79. The molecule has 0 aromatic carbocycles. The Morgan fingerprint density at radius 2 is 1.63 bits per heavy atom. The van der Waals surface area contributed by atoms with Crippen LogP contribution >= 0.6 is 0 Å². The molecule has 6 atom stereocenters. The molecule has 0 fully saturated rings. The maximum absolute atomic E-state index is 14.0. The van der Waals surface area contributed by atoms with Crippen molar-refractivity contribution in [2.24, 2.45) is 11.8 Å². The lowest BCUT2D eigenvalue weighted by molar-refractivity contribution is -0.0918. The smallest absolute Gasteiger partial charge is 0.199 e. The Balaban J connectivity index is 4.90. The van der Waals surface area contributed by atoms with Crippen LogP contribution in [0.5, 0.6) is 0 Å². The van der Waals surface area contributed by atoms with Gasteiger partial charge in [-0.3, -0.25) is 0 Å². The quantitative estimate of drug-likeness (QED) is 0.153. The average Bonchev–Trinajstić information content (AvgIpc) is 2.61. The molecule has 0 aromatic heterocycles. The molecule has 0 rings (SSSR count). The first-order valence-corrected chi connectivity index (χ1v) is 9.57. The lowest BCUT2D eigenvalue weighted by Crippen LogP contribution is -2.31. The molecule has 0 aromatic rings. The minimum atomic E-state index is -2.89. The van der Waals surface area contributed by atoms with Gasteiger partial charge in [-0.2, -0.15) is 4.39 Å². The molecule has 0 radical (unpaired) electrons. The Kier molecular flexibility index (Phi) is 12.6. The number of rotatable bonds is 14. The third-order valence-electron chi connectivity index (χ3n) is 4.79. The molecular formula is C20H33F5O2. The summed E-state index contributed by atoms with van der Waals surface area (Å²) in [4.78, 5) is 0. The van der Waals surface area contributed by atoms with Gasteiger partial charge in [0.25, 0.3) is 0 Å². The average molecular weight is 400 g/mol. The van der Waals surface area contributed by atoms with Crippen molar-refractivity contribution >= 4 is 0 Å². The van der Waals surface area contributed by atoms with Crippen molar-refractivity contribution in [2.45, 2.75) is 91.0 Å². The standard InChI is InChI=1S/C20H33F5O2/c1-6-9-12(3)15(7-2)10-8-11-16(26)27-20(18(24)14(5)22)19(25)17(23)13(4)21/h12-13,15-17,19,26H,5-11H2,1-4H3/b20-18-. The molecule has 7 heteroatoms. The molecule has 0 aliphatic rings. The van der Waals surface area contributed by atoms with Gasteiger partial charge >= 0.3 is 0 Å². The summed E-state index contributed by atoms with van der Waals surface area (Å²) in [5.74, 6) is -4.01. The van der Waals surface area contributed by atoms with Gasteiger partial charge in [-0.1, -0.05) is 46.6 Å². The highest BCUT2D eigenvalue weighted by atomic mass is 19.2. The molecule has 160 valence electrons. The molecule has 0 amide bonds. The zero-order valence-electron chi connectivity index (χ0n) is 16.7. The normalized spacial score (nSPS) is 19.5. The van der Waals surface area contributed by atoms with Crippen LogP contribution in [0.25, 0.3) is 0 Å². The highest BCUT2D eigenvalue weighted by Crippen LogP contribution is 2.29. The monoisotopic (exact) mass is 400 g/mol. The van der Waals surface area contributed by atoms with Gasteiger partial charge in [0.2, 0.25) is 0 Å². The van der Waals surface area contributed by atoms with Crippen LogP contribution in [0.15, 0.2) is 24.0 Å². The van der Waals surface area contributed by atoms with Gasteiger partial charge in [0.15, 0.2) is 36.0 Å². The predicted octanol–water partition coefficient (Wildman–Crippen LogP) is 6.65. The largest absolute Gasteiger partial charge is 0.463 e. The lowest BCUT2D eigenvalue weighted by Gasteiger charge is -2.24. The number of aliphatic hydroxyl groups excluding tert-OH is 1. The number of halogens is 5. The summed E-state index contributed by atoms with van der Waals surface area (Å²) in [6, 6.07) is 0. The van der Waals surface area contributed by atoms with E-state index in [2.05, 4.69) is 27.4 Å². The van der Waals surface area contributed by atoms with Crippen molar-refractivity contribution in [2.75, 3.05) is 0 Å². The van der Waals surface area contributed by atoms with Crippen molar-refractivity contribution in [3.8, 4) is 0 Å². The van der Waals surface area contributed by atoms with E-state index in [0.29, 0.717) is 18.3 Å². The molecule has 0 aliphatic carbocycles. The predicted molar refractivity (Wildman–Crippen MR) is 97.5 cm³/mol. The second-order valence-electron chi connectivity index (χ2n) is 7.04. The Morgan fingerprint density at radius 3 is 2.07 bits per heavy atom. The molecule has 27 heavy (non-hydrogen) atoms.